The number of thioether (sulfide) groups is 1. The molecule has 2 aromatic rings. The Kier molecular flexibility index (Phi) is 6.78. The molecule has 0 N–H and O–H groups in total. The number of hydrogen-bond acceptors (Lipinski definition) is 6. The number of aromatic nitrogens is 3. The number of rotatable bonds is 7. The zero-order valence-corrected chi connectivity index (χ0v) is 18.3. The maximum atomic E-state index is 12.9. The van der Waals surface area contributed by atoms with Crippen molar-refractivity contribution in [2.24, 2.45) is 5.92 Å². The van der Waals surface area contributed by atoms with Crippen LogP contribution < -0.4 is 4.90 Å². The first-order valence-electron chi connectivity index (χ1n) is 9.91. The topological polar surface area (TPSA) is 60.3 Å². The summed E-state index contributed by atoms with van der Waals surface area (Å²) in [7, 11) is 0. The highest BCUT2D eigenvalue weighted by Crippen LogP contribution is 2.29. The zero-order chi connectivity index (χ0) is 20.3. The average molecular weight is 403 g/mol. The van der Waals surface area contributed by atoms with Gasteiger partial charge < -0.3 is 9.64 Å². The minimum absolute atomic E-state index is 0.125. The van der Waals surface area contributed by atoms with E-state index in [1.54, 1.807) is 0 Å². The molecule has 7 heteroatoms. The van der Waals surface area contributed by atoms with Crippen LogP contribution in [-0.2, 0) is 11.3 Å². The Morgan fingerprint density at radius 3 is 2.50 bits per heavy atom. The van der Waals surface area contributed by atoms with E-state index < -0.39 is 0 Å². The van der Waals surface area contributed by atoms with E-state index in [2.05, 4.69) is 40.4 Å². The van der Waals surface area contributed by atoms with Gasteiger partial charge in [-0.15, -0.1) is 10.2 Å². The summed E-state index contributed by atoms with van der Waals surface area (Å²) in [6, 6.07) is 5.91. The van der Waals surface area contributed by atoms with E-state index in [1.807, 2.05) is 32.0 Å². The number of aryl methyl sites for hydroxylation is 2. The Morgan fingerprint density at radius 2 is 1.86 bits per heavy atom. The zero-order valence-electron chi connectivity index (χ0n) is 17.4. The molecule has 0 aliphatic carbocycles. The van der Waals surface area contributed by atoms with E-state index >= 15 is 0 Å². The molecule has 1 fully saturated rings. The molecule has 1 saturated heterocycles. The quantitative estimate of drug-likeness (QED) is 0.519. The Hall–Kier alpha value is -1.86. The third-order valence-electron chi connectivity index (χ3n) is 4.98. The third kappa shape index (κ3) is 4.75. The van der Waals surface area contributed by atoms with E-state index in [9.17, 15) is 4.79 Å². The molecule has 1 unspecified atom stereocenters. The number of benzene rings is 1. The molecule has 1 aromatic carbocycles. The second-order valence-electron chi connectivity index (χ2n) is 7.81. The van der Waals surface area contributed by atoms with Crippen molar-refractivity contribution in [1.82, 2.24) is 14.8 Å². The highest BCUT2D eigenvalue weighted by atomic mass is 32.2. The molecule has 0 spiro atoms. The molecule has 152 valence electrons. The van der Waals surface area contributed by atoms with Crippen molar-refractivity contribution in [2.45, 2.75) is 51.6 Å². The summed E-state index contributed by atoms with van der Waals surface area (Å²) in [4.78, 5) is 15.2. The van der Waals surface area contributed by atoms with Crippen LogP contribution in [0.15, 0.2) is 23.4 Å². The van der Waals surface area contributed by atoms with Crippen LogP contribution in [0.2, 0.25) is 0 Å². The van der Waals surface area contributed by atoms with E-state index in [4.69, 9.17) is 4.74 Å². The highest BCUT2D eigenvalue weighted by molar-refractivity contribution is 8.00. The lowest BCUT2D eigenvalue weighted by Crippen LogP contribution is -2.38. The summed E-state index contributed by atoms with van der Waals surface area (Å²) >= 11 is 1.49. The van der Waals surface area contributed by atoms with Crippen LogP contribution in [0.4, 0.5) is 5.95 Å². The molecule has 6 nitrogen and oxygen atoms in total. The van der Waals surface area contributed by atoms with Gasteiger partial charge in [-0.3, -0.25) is 9.36 Å². The van der Waals surface area contributed by atoms with Crippen molar-refractivity contribution >= 4 is 23.5 Å². The first-order valence-corrected chi connectivity index (χ1v) is 10.8. The molecule has 0 bridgehead atoms. The fraction of sp³-hybridized carbons (Fsp3) is 0.571. The molecule has 0 amide bonds. The number of carbonyl (C=O) groups is 1. The largest absolute Gasteiger partial charge is 0.378 e. The van der Waals surface area contributed by atoms with Crippen LogP contribution in [0.1, 0.15) is 42.3 Å². The molecule has 1 aliphatic heterocycles. The smallest absolute Gasteiger partial charge is 0.228 e. The van der Waals surface area contributed by atoms with Crippen molar-refractivity contribution in [3.63, 3.8) is 0 Å². The number of ketones is 1. The lowest BCUT2D eigenvalue weighted by molar-refractivity contribution is 0.0993. The van der Waals surface area contributed by atoms with E-state index in [0.717, 1.165) is 41.9 Å². The van der Waals surface area contributed by atoms with Gasteiger partial charge in [0.1, 0.15) is 0 Å². The predicted molar refractivity (Wildman–Crippen MR) is 113 cm³/mol. The molecule has 1 aliphatic rings. The monoisotopic (exact) mass is 402 g/mol. The van der Waals surface area contributed by atoms with Crippen molar-refractivity contribution in [2.75, 3.05) is 31.2 Å². The molecule has 1 aromatic heterocycles. The average Bonchev–Trinajstić information content (AvgIpc) is 3.05. The van der Waals surface area contributed by atoms with Gasteiger partial charge in [0.2, 0.25) is 5.95 Å². The van der Waals surface area contributed by atoms with Crippen LogP contribution >= 0.6 is 11.8 Å². The highest BCUT2D eigenvalue weighted by Gasteiger charge is 2.25. The lowest BCUT2D eigenvalue weighted by atomic mass is 10.0. The van der Waals surface area contributed by atoms with E-state index in [1.165, 1.54) is 17.3 Å². The van der Waals surface area contributed by atoms with Gasteiger partial charge >= 0.3 is 0 Å². The number of anilines is 1. The molecule has 0 radical (unpaired) electrons. The lowest BCUT2D eigenvalue weighted by Gasteiger charge is -2.28. The first kappa shape index (κ1) is 20.9. The van der Waals surface area contributed by atoms with E-state index in [-0.39, 0.29) is 11.0 Å². The maximum absolute atomic E-state index is 12.9. The van der Waals surface area contributed by atoms with Crippen molar-refractivity contribution < 1.29 is 9.53 Å². The minimum Gasteiger partial charge on any atom is -0.378 e. The molecule has 0 saturated carbocycles. The standard InChI is InChI=1S/C21H30N4O2S/c1-14(2)13-25-20(24-8-10-27-11-9-24)22-23-21(25)28-17(5)19(26)18-7-6-15(3)16(4)12-18/h6-7,12,14,17H,8-11,13H2,1-5H3. The summed E-state index contributed by atoms with van der Waals surface area (Å²) in [5, 5.41) is 9.47. The fourth-order valence-electron chi connectivity index (χ4n) is 3.23. The van der Waals surface area contributed by atoms with Gasteiger partial charge in [-0.05, 0) is 43.9 Å². The Morgan fingerprint density at radius 1 is 1.14 bits per heavy atom. The second-order valence-corrected chi connectivity index (χ2v) is 9.12. The Balaban J connectivity index is 1.80. The van der Waals surface area contributed by atoms with Gasteiger partial charge in [0.05, 0.1) is 18.5 Å². The van der Waals surface area contributed by atoms with Crippen LogP contribution in [0, 0.1) is 19.8 Å². The van der Waals surface area contributed by atoms with Gasteiger partial charge in [-0.2, -0.15) is 0 Å². The van der Waals surface area contributed by atoms with Crippen LogP contribution in [0.25, 0.3) is 0 Å². The number of morpholine rings is 1. The molecule has 3 rings (SSSR count). The number of hydrogen-bond donors (Lipinski definition) is 0. The van der Waals surface area contributed by atoms with Crippen molar-refractivity contribution in [3.05, 3.63) is 34.9 Å². The van der Waals surface area contributed by atoms with Gasteiger partial charge in [0, 0.05) is 25.2 Å². The Bertz CT molecular complexity index is 828. The molecule has 1 atom stereocenters. The maximum Gasteiger partial charge on any atom is 0.228 e. The number of ether oxygens (including phenoxy) is 1. The third-order valence-corrected chi connectivity index (χ3v) is 6.06. The van der Waals surface area contributed by atoms with Gasteiger partial charge in [-0.25, -0.2) is 0 Å². The Labute approximate surface area is 171 Å². The molecule has 2 heterocycles. The summed E-state index contributed by atoms with van der Waals surface area (Å²) < 4.78 is 7.62. The normalized spacial score (nSPS) is 15.9. The van der Waals surface area contributed by atoms with Crippen LogP contribution in [0.3, 0.4) is 0 Å². The fourth-order valence-corrected chi connectivity index (χ4v) is 4.16. The molecule has 28 heavy (non-hydrogen) atoms. The number of nitrogens with zero attached hydrogens (tertiary/aromatic N) is 4. The van der Waals surface area contributed by atoms with Gasteiger partial charge in [-0.1, -0.05) is 37.7 Å². The van der Waals surface area contributed by atoms with Gasteiger partial charge in [0.15, 0.2) is 10.9 Å². The number of Topliss-reactive ketones (excluding diaryl/α,β-unsaturated/α-hetero) is 1. The number of carbonyl (C=O) groups excluding carboxylic acids is 1. The summed E-state index contributed by atoms with van der Waals surface area (Å²) in [6.45, 7) is 14.3. The first-order chi connectivity index (χ1) is 13.4. The SMILES string of the molecule is Cc1ccc(C(=O)C(C)Sc2nnc(N3CCOCC3)n2CC(C)C)cc1C. The van der Waals surface area contributed by atoms with Crippen LogP contribution in [0.5, 0.6) is 0 Å². The van der Waals surface area contributed by atoms with Crippen molar-refractivity contribution in [1.29, 1.82) is 0 Å². The molecular formula is C21H30N4O2S. The second kappa shape index (κ2) is 9.09. The van der Waals surface area contributed by atoms with E-state index in [0.29, 0.717) is 19.1 Å². The summed E-state index contributed by atoms with van der Waals surface area (Å²) in [5.74, 6) is 1.46. The predicted octanol–water partition coefficient (Wildman–Crippen LogP) is 3.75. The van der Waals surface area contributed by atoms with Gasteiger partial charge in [0.25, 0.3) is 0 Å². The minimum atomic E-state index is -0.227. The van der Waals surface area contributed by atoms with Crippen LogP contribution in [-0.4, -0.2) is 52.1 Å². The summed E-state index contributed by atoms with van der Waals surface area (Å²) in [6.07, 6.45) is 0. The molecular weight excluding hydrogens is 372 g/mol. The van der Waals surface area contributed by atoms with Crippen molar-refractivity contribution in [3.8, 4) is 0 Å². The summed E-state index contributed by atoms with van der Waals surface area (Å²) in [5.41, 5.74) is 3.09.